The molecule has 1 aromatic heterocycles. The van der Waals surface area contributed by atoms with Crippen molar-refractivity contribution in [1.82, 2.24) is 15.6 Å². The van der Waals surface area contributed by atoms with Gasteiger partial charge in [-0.3, -0.25) is 4.99 Å². The minimum atomic E-state index is 0.103. The molecule has 0 fully saturated rings. The number of hydrogen-bond acceptors (Lipinski definition) is 4. The van der Waals surface area contributed by atoms with E-state index < -0.39 is 0 Å². The van der Waals surface area contributed by atoms with Gasteiger partial charge < -0.3 is 20.1 Å². The molecule has 0 spiro atoms. The standard InChI is InChI=1S/C21H30N4O2/c1-15(2)14-27-19-10-8-17(9-11-19)16(3)25-21(22-4)24-13-18-7-6-12-23-20(18)26-5/h6-12,15-16H,13-14H2,1-5H3,(H2,22,24,25). The van der Waals surface area contributed by atoms with Crippen LogP contribution in [0.3, 0.4) is 0 Å². The molecule has 0 saturated carbocycles. The maximum Gasteiger partial charge on any atom is 0.218 e. The predicted octanol–water partition coefficient (Wildman–Crippen LogP) is 3.55. The Balaban J connectivity index is 1.91. The summed E-state index contributed by atoms with van der Waals surface area (Å²) in [6.07, 6.45) is 1.71. The lowest BCUT2D eigenvalue weighted by Crippen LogP contribution is -2.38. The van der Waals surface area contributed by atoms with Crippen LogP contribution in [0.15, 0.2) is 47.6 Å². The summed E-state index contributed by atoms with van der Waals surface area (Å²) in [5.74, 6) is 2.74. The molecule has 1 aromatic carbocycles. The quantitative estimate of drug-likeness (QED) is 0.549. The smallest absolute Gasteiger partial charge is 0.218 e. The Labute approximate surface area is 162 Å². The van der Waals surface area contributed by atoms with Crippen molar-refractivity contribution in [3.05, 3.63) is 53.7 Å². The summed E-state index contributed by atoms with van der Waals surface area (Å²) in [5.41, 5.74) is 2.14. The van der Waals surface area contributed by atoms with Crippen molar-refractivity contribution in [3.63, 3.8) is 0 Å². The molecular weight excluding hydrogens is 340 g/mol. The Morgan fingerprint density at radius 2 is 1.89 bits per heavy atom. The summed E-state index contributed by atoms with van der Waals surface area (Å²) in [4.78, 5) is 8.51. The van der Waals surface area contributed by atoms with Crippen molar-refractivity contribution in [2.24, 2.45) is 10.9 Å². The third-order valence-electron chi connectivity index (χ3n) is 4.03. The van der Waals surface area contributed by atoms with Gasteiger partial charge in [-0.05, 0) is 36.6 Å². The highest BCUT2D eigenvalue weighted by Gasteiger charge is 2.10. The van der Waals surface area contributed by atoms with Crippen LogP contribution in [0.5, 0.6) is 11.6 Å². The van der Waals surface area contributed by atoms with Crippen LogP contribution in [-0.4, -0.2) is 31.7 Å². The zero-order chi connectivity index (χ0) is 19.6. The minimum absolute atomic E-state index is 0.103. The fourth-order valence-electron chi connectivity index (χ4n) is 2.52. The van der Waals surface area contributed by atoms with Crippen molar-refractivity contribution in [2.45, 2.75) is 33.4 Å². The Kier molecular flexibility index (Phi) is 7.92. The zero-order valence-corrected chi connectivity index (χ0v) is 16.8. The minimum Gasteiger partial charge on any atom is -0.493 e. The van der Waals surface area contributed by atoms with Crippen LogP contribution in [0.1, 0.15) is 37.9 Å². The van der Waals surface area contributed by atoms with E-state index in [4.69, 9.17) is 9.47 Å². The summed E-state index contributed by atoms with van der Waals surface area (Å²) in [5, 5.41) is 6.70. The number of nitrogens with zero attached hydrogens (tertiary/aromatic N) is 2. The normalized spacial score (nSPS) is 12.6. The van der Waals surface area contributed by atoms with Gasteiger partial charge in [0.1, 0.15) is 5.75 Å². The summed E-state index contributed by atoms with van der Waals surface area (Å²) >= 11 is 0. The molecule has 146 valence electrons. The molecule has 27 heavy (non-hydrogen) atoms. The van der Waals surface area contributed by atoms with Crippen molar-refractivity contribution < 1.29 is 9.47 Å². The van der Waals surface area contributed by atoms with E-state index in [0.29, 0.717) is 24.3 Å². The van der Waals surface area contributed by atoms with Crippen LogP contribution >= 0.6 is 0 Å². The van der Waals surface area contributed by atoms with Crippen LogP contribution in [0.2, 0.25) is 0 Å². The second-order valence-corrected chi connectivity index (χ2v) is 6.74. The van der Waals surface area contributed by atoms with Crippen LogP contribution in [0.25, 0.3) is 0 Å². The first-order valence-electron chi connectivity index (χ1n) is 9.21. The maximum absolute atomic E-state index is 5.74. The fourth-order valence-corrected chi connectivity index (χ4v) is 2.52. The number of pyridine rings is 1. The Morgan fingerprint density at radius 3 is 2.52 bits per heavy atom. The molecule has 2 aromatic rings. The molecule has 6 heteroatoms. The van der Waals surface area contributed by atoms with Crippen molar-refractivity contribution >= 4 is 5.96 Å². The lowest BCUT2D eigenvalue weighted by atomic mass is 10.1. The Bertz CT molecular complexity index is 729. The molecule has 0 saturated heterocycles. The van der Waals surface area contributed by atoms with Gasteiger partial charge in [-0.1, -0.05) is 32.0 Å². The third-order valence-corrected chi connectivity index (χ3v) is 4.03. The molecule has 0 radical (unpaired) electrons. The largest absolute Gasteiger partial charge is 0.493 e. The lowest BCUT2D eigenvalue weighted by molar-refractivity contribution is 0.271. The van der Waals surface area contributed by atoms with Gasteiger partial charge in [-0.15, -0.1) is 0 Å². The van der Waals surface area contributed by atoms with E-state index >= 15 is 0 Å². The molecule has 0 aliphatic carbocycles. The molecule has 2 N–H and O–H groups in total. The molecule has 2 rings (SSSR count). The third kappa shape index (κ3) is 6.47. The number of aliphatic imine (C=N–C) groups is 1. The molecule has 0 amide bonds. The summed E-state index contributed by atoms with van der Waals surface area (Å²) in [7, 11) is 3.38. The monoisotopic (exact) mass is 370 g/mol. The molecule has 0 aliphatic rings. The number of aromatic nitrogens is 1. The van der Waals surface area contributed by atoms with Crippen molar-refractivity contribution in [1.29, 1.82) is 0 Å². The molecule has 1 atom stereocenters. The number of guanidine groups is 1. The van der Waals surface area contributed by atoms with E-state index in [0.717, 1.165) is 23.5 Å². The average Bonchev–Trinajstić information content (AvgIpc) is 2.69. The lowest BCUT2D eigenvalue weighted by Gasteiger charge is -2.19. The topological polar surface area (TPSA) is 67.8 Å². The highest BCUT2D eigenvalue weighted by molar-refractivity contribution is 5.80. The van der Waals surface area contributed by atoms with Crippen LogP contribution in [-0.2, 0) is 6.54 Å². The van der Waals surface area contributed by atoms with E-state index in [2.05, 4.69) is 53.5 Å². The van der Waals surface area contributed by atoms with Gasteiger partial charge >= 0.3 is 0 Å². The van der Waals surface area contributed by atoms with Gasteiger partial charge in [-0.2, -0.15) is 0 Å². The Hall–Kier alpha value is -2.76. The van der Waals surface area contributed by atoms with Crippen molar-refractivity contribution in [2.75, 3.05) is 20.8 Å². The number of hydrogen-bond donors (Lipinski definition) is 2. The molecule has 0 bridgehead atoms. The maximum atomic E-state index is 5.74. The summed E-state index contributed by atoms with van der Waals surface area (Å²) in [6, 6.07) is 12.1. The Morgan fingerprint density at radius 1 is 1.15 bits per heavy atom. The first-order chi connectivity index (χ1) is 13.0. The first-order valence-corrected chi connectivity index (χ1v) is 9.21. The molecule has 1 heterocycles. The zero-order valence-electron chi connectivity index (χ0n) is 16.8. The van der Waals surface area contributed by atoms with Gasteiger partial charge in [0.25, 0.3) is 0 Å². The van der Waals surface area contributed by atoms with Gasteiger partial charge in [0.2, 0.25) is 5.88 Å². The van der Waals surface area contributed by atoms with E-state index in [9.17, 15) is 0 Å². The number of nitrogens with one attached hydrogen (secondary N) is 2. The summed E-state index contributed by atoms with van der Waals surface area (Å²) < 4.78 is 11.0. The number of ether oxygens (including phenoxy) is 2. The molecule has 6 nitrogen and oxygen atoms in total. The SMILES string of the molecule is CN=C(NCc1cccnc1OC)NC(C)c1ccc(OCC(C)C)cc1. The molecular formula is C21H30N4O2. The van der Waals surface area contributed by atoms with Gasteiger partial charge in [0, 0.05) is 25.4 Å². The number of rotatable bonds is 8. The van der Waals surface area contributed by atoms with Crippen LogP contribution in [0, 0.1) is 5.92 Å². The van der Waals surface area contributed by atoms with Gasteiger partial charge in [0.05, 0.1) is 19.8 Å². The van der Waals surface area contributed by atoms with E-state index in [1.165, 1.54) is 0 Å². The summed E-state index contributed by atoms with van der Waals surface area (Å²) in [6.45, 7) is 7.68. The number of methoxy groups -OCH3 is 1. The highest BCUT2D eigenvalue weighted by Crippen LogP contribution is 2.18. The first kappa shape index (κ1) is 20.6. The second kappa shape index (κ2) is 10.4. The fraction of sp³-hybridized carbons (Fsp3) is 0.429. The van der Waals surface area contributed by atoms with E-state index in [1.54, 1.807) is 20.4 Å². The number of benzene rings is 1. The van der Waals surface area contributed by atoms with E-state index in [-0.39, 0.29) is 6.04 Å². The molecule has 1 unspecified atom stereocenters. The predicted molar refractivity (Wildman–Crippen MR) is 109 cm³/mol. The van der Waals surface area contributed by atoms with Crippen LogP contribution < -0.4 is 20.1 Å². The van der Waals surface area contributed by atoms with E-state index in [1.807, 2.05) is 24.3 Å². The van der Waals surface area contributed by atoms with Crippen LogP contribution in [0.4, 0.5) is 0 Å². The average molecular weight is 370 g/mol. The highest BCUT2D eigenvalue weighted by atomic mass is 16.5. The van der Waals surface area contributed by atoms with Crippen molar-refractivity contribution in [3.8, 4) is 11.6 Å². The van der Waals surface area contributed by atoms with Gasteiger partial charge in [-0.25, -0.2) is 4.98 Å². The van der Waals surface area contributed by atoms with Gasteiger partial charge in [0.15, 0.2) is 5.96 Å². The second-order valence-electron chi connectivity index (χ2n) is 6.74. The molecule has 0 aliphatic heterocycles.